The normalized spacial score (nSPS) is 10.9. The highest BCUT2D eigenvalue weighted by Gasteiger charge is 2.11. The molecule has 0 fully saturated rings. The Morgan fingerprint density at radius 1 is 1.14 bits per heavy atom. The lowest BCUT2D eigenvalue weighted by atomic mass is 10.1. The number of unbranched alkanes of at least 4 members (excludes halogenated alkanes) is 3. The fourth-order valence-corrected chi connectivity index (χ4v) is 1.30. The molecule has 0 saturated carbocycles. The van der Waals surface area contributed by atoms with E-state index in [1.165, 1.54) is 12.8 Å². The summed E-state index contributed by atoms with van der Waals surface area (Å²) in [5.74, 6) is 0.231. The molecule has 0 aliphatic rings. The molecule has 0 unspecified atom stereocenters. The molecular formula is C11H22O3. The van der Waals surface area contributed by atoms with Crippen molar-refractivity contribution >= 4 is 5.78 Å². The molecule has 0 aromatic carbocycles. The summed E-state index contributed by atoms with van der Waals surface area (Å²) in [6.07, 6.45) is 5.22. The molecule has 0 N–H and O–H groups in total. The Balaban J connectivity index is 3.44. The first kappa shape index (κ1) is 13.6. The van der Waals surface area contributed by atoms with E-state index in [1.54, 1.807) is 14.2 Å². The van der Waals surface area contributed by atoms with Gasteiger partial charge in [-0.1, -0.05) is 26.2 Å². The second-order valence-electron chi connectivity index (χ2n) is 3.45. The van der Waals surface area contributed by atoms with Crippen LogP contribution in [0, 0.1) is 0 Å². The zero-order chi connectivity index (χ0) is 10.8. The third kappa shape index (κ3) is 7.04. The number of Topliss-reactive ketones (excluding diaryl/α,β-unsaturated/α-hetero) is 1. The van der Waals surface area contributed by atoms with Gasteiger partial charge in [0.25, 0.3) is 0 Å². The Morgan fingerprint density at radius 2 is 1.79 bits per heavy atom. The van der Waals surface area contributed by atoms with E-state index in [-0.39, 0.29) is 12.1 Å². The van der Waals surface area contributed by atoms with Crippen molar-refractivity contribution in [1.82, 2.24) is 0 Å². The molecule has 84 valence electrons. The van der Waals surface area contributed by atoms with E-state index >= 15 is 0 Å². The maximum Gasteiger partial charge on any atom is 0.163 e. The topological polar surface area (TPSA) is 35.5 Å². The van der Waals surface area contributed by atoms with Gasteiger partial charge in [0.2, 0.25) is 0 Å². The predicted molar refractivity (Wildman–Crippen MR) is 56.2 cm³/mol. The van der Waals surface area contributed by atoms with Crippen molar-refractivity contribution in [3.63, 3.8) is 0 Å². The second-order valence-corrected chi connectivity index (χ2v) is 3.45. The molecule has 0 aromatic rings. The van der Waals surface area contributed by atoms with E-state index in [4.69, 9.17) is 9.47 Å². The number of methoxy groups -OCH3 is 2. The molecule has 0 bridgehead atoms. The smallest absolute Gasteiger partial charge is 0.163 e. The average Bonchev–Trinajstić information content (AvgIpc) is 2.21. The van der Waals surface area contributed by atoms with Gasteiger partial charge in [0.05, 0.1) is 6.42 Å². The van der Waals surface area contributed by atoms with Gasteiger partial charge in [0.15, 0.2) is 6.29 Å². The van der Waals surface area contributed by atoms with Gasteiger partial charge in [-0.05, 0) is 6.42 Å². The minimum atomic E-state index is -0.367. The summed E-state index contributed by atoms with van der Waals surface area (Å²) in [5, 5.41) is 0. The first-order valence-electron chi connectivity index (χ1n) is 5.31. The Morgan fingerprint density at radius 3 is 2.29 bits per heavy atom. The van der Waals surface area contributed by atoms with Crippen LogP contribution in [0.25, 0.3) is 0 Å². The van der Waals surface area contributed by atoms with E-state index < -0.39 is 0 Å². The van der Waals surface area contributed by atoms with E-state index in [0.717, 1.165) is 12.8 Å². The van der Waals surface area contributed by atoms with Crippen molar-refractivity contribution in [2.45, 2.75) is 51.7 Å². The third-order valence-corrected chi connectivity index (χ3v) is 2.23. The quantitative estimate of drug-likeness (QED) is 0.426. The lowest BCUT2D eigenvalue weighted by molar-refractivity contribution is -0.137. The van der Waals surface area contributed by atoms with Crippen LogP contribution in [0.2, 0.25) is 0 Å². The first-order chi connectivity index (χ1) is 6.74. The number of carbonyl (C=O) groups is 1. The van der Waals surface area contributed by atoms with Crippen molar-refractivity contribution in [1.29, 1.82) is 0 Å². The van der Waals surface area contributed by atoms with Crippen LogP contribution in [0.3, 0.4) is 0 Å². The van der Waals surface area contributed by atoms with Crippen LogP contribution in [0.15, 0.2) is 0 Å². The lowest BCUT2D eigenvalue weighted by Crippen LogP contribution is -2.17. The van der Waals surface area contributed by atoms with Gasteiger partial charge in [-0.3, -0.25) is 4.79 Å². The molecule has 14 heavy (non-hydrogen) atoms. The van der Waals surface area contributed by atoms with Crippen LogP contribution >= 0.6 is 0 Å². The molecule has 0 heterocycles. The molecule has 0 saturated heterocycles. The Bertz CT molecular complexity index is 141. The molecule has 0 aromatic heterocycles. The molecule has 0 radical (unpaired) electrons. The van der Waals surface area contributed by atoms with Crippen LogP contribution in [0.5, 0.6) is 0 Å². The van der Waals surface area contributed by atoms with Crippen LogP contribution in [-0.4, -0.2) is 26.3 Å². The predicted octanol–water partition coefficient (Wildman–Crippen LogP) is 2.53. The highest BCUT2D eigenvalue weighted by atomic mass is 16.7. The van der Waals surface area contributed by atoms with E-state index in [0.29, 0.717) is 12.8 Å². The summed E-state index contributed by atoms with van der Waals surface area (Å²) in [7, 11) is 3.11. The van der Waals surface area contributed by atoms with Crippen LogP contribution in [0.1, 0.15) is 45.4 Å². The molecule has 0 rings (SSSR count). The van der Waals surface area contributed by atoms with Gasteiger partial charge in [-0.2, -0.15) is 0 Å². The Labute approximate surface area is 86.8 Å². The SMILES string of the molecule is CCCCCCC(=O)CC(OC)OC. The number of rotatable bonds is 9. The third-order valence-electron chi connectivity index (χ3n) is 2.23. The number of hydrogen-bond acceptors (Lipinski definition) is 3. The average molecular weight is 202 g/mol. The van der Waals surface area contributed by atoms with Gasteiger partial charge >= 0.3 is 0 Å². The summed E-state index contributed by atoms with van der Waals surface area (Å²) in [6.45, 7) is 2.16. The summed E-state index contributed by atoms with van der Waals surface area (Å²) < 4.78 is 9.91. The number of hydrogen-bond donors (Lipinski definition) is 0. The highest BCUT2D eigenvalue weighted by Crippen LogP contribution is 2.07. The number of carbonyl (C=O) groups excluding carboxylic acids is 1. The maximum absolute atomic E-state index is 11.4. The Kier molecular flexibility index (Phi) is 8.89. The zero-order valence-electron chi connectivity index (χ0n) is 9.54. The lowest BCUT2D eigenvalue weighted by Gasteiger charge is -2.11. The Hall–Kier alpha value is -0.410. The zero-order valence-corrected chi connectivity index (χ0v) is 9.54. The van der Waals surface area contributed by atoms with Crippen LogP contribution in [-0.2, 0) is 14.3 Å². The van der Waals surface area contributed by atoms with Crippen molar-refractivity contribution in [3.05, 3.63) is 0 Å². The minimum absolute atomic E-state index is 0.231. The van der Waals surface area contributed by atoms with E-state index in [9.17, 15) is 4.79 Å². The fraction of sp³-hybridized carbons (Fsp3) is 0.909. The summed E-state index contributed by atoms with van der Waals surface area (Å²) in [5.41, 5.74) is 0. The van der Waals surface area contributed by atoms with Crippen LogP contribution in [0.4, 0.5) is 0 Å². The molecule has 0 atom stereocenters. The fourth-order valence-electron chi connectivity index (χ4n) is 1.30. The van der Waals surface area contributed by atoms with Crippen molar-refractivity contribution in [2.75, 3.05) is 14.2 Å². The van der Waals surface area contributed by atoms with Gasteiger partial charge in [-0.15, -0.1) is 0 Å². The summed E-state index contributed by atoms with van der Waals surface area (Å²) >= 11 is 0. The summed E-state index contributed by atoms with van der Waals surface area (Å²) in [6, 6.07) is 0. The molecule has 3 heteroatoms. The standard InChI is InChI=1S/C11H22O3/c1-4-5-6-7-8-10(12)9-11(13-2)14-3/h11H,4-9H2,1-3H3. The van der Waals surface area contributed by atoms with E-state index in [1.807, 2.05) is 0 Å². The van der Waals surface area contributed by atoms with Crippen molar-refractivity contribution < 1.29 is 14.3 Å². The molecule has 0 spiro atoms. The maximum atomic E-state index is 11.4. The monoisotopic (exact) mass is 202 g/mol. The molecular weight excluding hydrogens is 180 g/mol. The summed E-state index contributed by atoms with van der Waals surface area (Å²) in [4.78, 5) is 11.4. The van der Waals surface area contributed by atoms with Gasteiger partial charge < -0.3 is 9.47 Å². The minimum Gasteiger partial charge on any atom is -0.355 e. The molecule has 0 amide bonds. The molecule has 3 nitrogen and oxygen atoms in total. The number of ether oxygens (including phenoxy) is 2. The largest absolute Gasteiger partial charge is 0.355 e. The van der Waals surface area contributed by atoms with Crippen LogP contribution < -0.4 is 0 Å². The van der Waals surface area contributed by atoms with Gasteiger partial charge in [0, 0.05) is 20.6 Å². The van der Waals surface area contributed by atoms with E-state index in [2.05, 4.69) is 6.92 Å². The van der Waals surface area contributed by atoms with Crippen molar-refractivity contribution in [3.8, 4) is 0 Å². The van der Waals surface area contributed by atoms with Gasteiger partial charge in [-0.25, -0.2) is 0 Å². The second kappa shape index (κ2) is 9.16. The van der Waals surface area contributed by atoms with Gasteiger partial charge in [0.1, 0.15) is 5.78 Å². The molecule has 0 aliphatic heterocycles. The van der Waals surface area contributed by atoms with Crippen molar-refractivity contribution in [2.24, 2.45) is 0 Å². The highest BCUT2D eigenvalue weighted by molar-refractivity contribution is 5.78. The molecule has 0 aliphatic carbocycles. The first-order valence-corrected chi connectivity index (χ1v) is 5.31. The number of ketones is 1.